The lowest BCUT2D eigenvalue weighted by atomic mass is 9.77. The second kappa shape index (κ2) is 10.1. The minimum absolute atomic E-state index is 0.257. The minimum Gasteiger partial charge on any atom is -0.480 e. The molecule has 6 rings (SSSR count). The van der Waals surface area contributed by atoms with E-state index in [0.717, 1.165) is 33.5 Å². The van der Waals surface area contributed by atoms with Gasteiger partial charge in [0.25, 0.3) is 5.91 Å². The van der Waals surface area contributed by atoms with Crippen molar-refractivity contribution >= 4 is 11.9 Å². The van der Waals surface area contributed by atoms with Crippen molar-refractivity contribution in [3.63, 3.8) is 0 Å². The maximum absolute atomic E-state index is 13.1. The average Bonchev–Trinajstić information content (AvgIpc) is 3.47. The average molecular weight is 514 g/mol. The van der Waals surface area contributed by atoms with Crippen LogP contribution in [-0.2, 0) is 16.8 Å². The van der Waals surface area contributed by atoms with Gasteiger partial charge in [0.2, 0.25) is 0 Å². The molecule has 6 heteroatoms. The number of fused-ring (bicyclic) bond motifs is 1. The highest BCUT2D eigenvalue weighted by molar-refractivity contribution is 5.99. The van der Waals surface area contributed by atoms with Crippen LogP contribution in [0.25, 0.3) is 11.3 Å². The van der Waals surface area contributed by atoms with Crippen molar-refractivity contribution in [2.45, 2.75) is 12.0 Å². The number of rotatable bonds is 7. The van der Waals surface area contributed by atoms with Crippen LogP contribution < -0.4 is 0 Å². The van der Waals surface area contributed by atoms with E-state index in [1.807, 2.05) is 85.3 Å². The van der Waals surface area contributed by atoms with Gasteiger partial charge < -0.3 is 14.6 Å². The number of hydrogen-bond acceptors (Lipinski definition) is 3. The Morgan fingerprint density at radius 1 is 0.821 bits per heavy atom. The van der Waals surface area contributed by atoms with Gasteiger partial charge in [-0.3, -0.25) is 9.59 Å². The van der Waals surface area contributed by atoms with Gasteiger partial charge >= 0.3 is 5.97 Å². The van der Waals surface area contributed by atoms with E-state index < -0.39 is 11.5 Å². The van der Waals surface area contributed by atoms with Crippen LogP contribution in [0.2, 0.25) is 0 Å². The molecule has 1 amide bonds. The number of amides is 1. The lowest BCUT2D eigenvalue weighted by Crippen LogP contribution is -2.40. The third kappa shape index (κ3) is 4.30. The Labute approximate surface area is 226 Å². The summed E-state index contributed by atoms with van der Waals surface area (Å²) in [5.41, 5.74) is 5.60. The van der Waals surface area contributed by atoms with Crippen LogP contribution >= 0.6 is 0 Å². The van der Waals surface area contributed by atoms with E-state index in [2.05, 4.69) is 41.0 Å². The fourth-order valence-corrected chi connectivity index (χ4v) is 5.63. The summed E-state index contributed by atoms with van der Waals surface area (Å²) in [4.78, 5) is 30.5. The van der Waals surface area contributed by atoms with Crippen molar-refractivity contribution in [1.82, 2.24) is 14.5 Å². The predicted octanol–water partition coefficient (Wildman–Crippen LogP) is 5.47. The molecule has 39 heavy (non-hydrogen) atoms. The quantitative estimate of drug-likeness (QED) is 0.293. The molecule has 5 aromatic rings. The summed E-state index contributed by atoms with van der Waals surface area (Å²) < 4.78 is 2.14. The van der Waals surface area contributed by atoms with Gasteiger partial charge in [-0.2, -0.15) is 0 Å². The van der Waals surface area contributed by atoms with Gasteiger partial charge in [-0.15, -0.1) is 0 Å². The van der Waals surface area contributed by atoms with Gasteiger partial charge in [0.15, 0.2) is 0 Å². The van der Waals surface area contributed by atoms with Crippen molar-refractivity contribution in [3.05, 3.63) is 150 Å². The summed E-state index contributed by atoms with van der Waals surface area (Å²) in [6.07, 6.45) is 4.50. The number of carbonyl (C=O) groups is 2. The molecule has 1 aliphatic heterocycles. The van der Waals surface area contributed by atoms with E-state index in [9.17, 15) is 14.7 Å². The number of carboxylic acid groups (broad SMARTS) is 1. The molecule has 0 fully saturated rings. The topological polar surface area (TPSA) is 75.4 Å². The number of hydrogen-bond donors (Lipinski definition) is 1. The van der Waals surface area contributed by atoms with Gasteiger partial charge in [-0.25, -0.2) is 4.98 Å². The normalized spacial score (nSPS) is 13.2. The monoisotopic (exact) mass is 513 g/mol. The smallest absolute Gasteiger partial charge is 0.323 e. The first-order valence-corrected chi connectivity index (χ1v) is 12.9. The van der Waals surface area contributed by atoms with Crippen molar-refractivity contribution in [2.75, 3.05) is 13.1 Å². The Kier molecular flexibility index (Phi) is 6.29. The molecule has 6 nitrogen and oxygen atoms in total. The first kappa shape index (κ1) is 24.4. The summed E-state index contributed by atoms with van der Waals surface area (Å²) in [7, 11) is 0. The molecule has 2 heterocycles. The standard InChI is InChI=1S/C33H27N3O3/c37-31(38)22-35-19-18-24-16-17-25(20-29(24)32(35)39)30-21-36(23-34-30)33(26-10-4-1-5-11-26,27-12-6-2-7-13-27)28-14-8-3-9-15-28/h1-17,20-21,23H,18-19,22H2,(H,37,38). The maximum atomic E-state index is 13.1. The van der Waals surface area contributed by atoms with Crippen LogP contribution in [0.3, 0.4) is 0 Å². The number of carbonyl (C=O) groups excluding carboxylic acids is 1. The molecular formula is C33H27N3O3. The molecule has 0 radical (unpaired) electrons. The van der Waals surface area contributed by atoms with Crippen molar-refractivity contribution in [2.24, 2.45) is 0 Å². The maximum Gasteiger partial charge on any atom is 0.323 e. The largest absolute Gasteiger partial charge is 0.480 e. The molecule has 1 aliphatic rings. The van der Waals surface area contributed by atoms with E-state index in [-0.39, 0.29) is 12.5 Å². The fourth-order valence-electron chi connectivity index (χ4n) is 5.63. The zero-order valence-electron chi connectivity index (χ0n) is 21.3. The Morgan fingerprint density at radius 3 is 1.92 bits per heavy atom. The minimum atomic E-state index is -1.01. The number of aromatic nitrogens is 2. The van der Waals surface area contributed by atoms with Crippen LogP contribution in [0.5, 0.6) is 0 Å². The van der Waals surface area contributed by atoms with E-state index in [0.29, 0.717) is 18.5 Å². The number of aliphatic carboxylic acids is 1. The molecule has 0 saturated heterocycles. The Balaban J connectivity index is 1.50. The lowest BCUT2D eigenvalue weighted by molar-refractivity contribution is -0.137. The summed E-state index contributed by atoms with van der Waals surface area (Å²) in [6.45, 7) is 0.102. The zero-order valence-corrected chi connectivity index (χ0v) is 21.3. The SMILES string of the molecule is O=C(O)CN1CCc2ccc(-c3cn(C(c4ccccc4)(c4ccccc4)c4ccccc4)cn3)cc2C1=O. The molecule has 0 spiro atoms. The van der Waals surface area contributed by atoms with Crippen LogP contribution in [0.4, 0.5) is 0 Å². The predicted molar refractivity (Wildman–Crippen MR) is 150 cm³/mol. The molecule has 192 valence electrons. The molecule has 0 aliphatic carbocycles. The first-order chi connectivity index (χ1) is 19.1. The molecule has 0 atom stereocenters. The molecule has 0 unspecified atom stereocenters. The third-order valence-electron chi connectivity index (χ3n) is 7.45. The van der Waals surface area contributed by atoms with Gasteiger partial charge in [0, 0.05) is 23.9 Å². The molecule has 0 bridgehead atoms. The number of benzene rings is 4. The highest BCUT2D eigenvalue weighted by Crippen LogP contribution is 2.41. The third-order valence-corrected chi connectivity index (χ3v) is 7.45. The summed E-state index contributed by atoms with van der Waals surface area (Å²) in [5.74, 6) is -1.27. The second-order valence-electron chi connectivity index (χ2n) is 9.72. The molecule has 1 aromatic heterocycles. The summed E-state index contributed by atoms with van der Waals surface area (Å²) in [5, 5.41) is 9.22. The van der Waals surface area contributed by atoms with Gasteiger partial charge in [-0.05, 0) is 34.7 Å². The van der Waals surface area contributed by atoms with Crippen molar-refractivity contribution in [3.8, 4) is 11.3 Å². The number of nitrogens with zero attached hydrogens (tertiary/aromatic N) is 3. The number of carboxylic acids is 1. The summed E-state index contributed by atoms with van der Waals surface area (Å²) >= 11 is 0. The Bertz CT molecular complexity index is 1530. The highest BCUT2D eigenvalue weighted by Gasteiger charge is 2.38. The lowest BCUT2D eigenvalue weighted by Gasteiger charge is -2.37. The van der Waals surface area contributed by atoms with Gasteiger partial charge in [-0.1, -0.05) is 103 Å². The fraction of sp³-hybridized carbons (Fsp3) is 0.121. The van der Waals surface area contributed by atoms with Crippen LogP contribution in [0, 0.1) is 0 Å². The van der Waals surface area contributed by atoms with Gasteiger partial charge in [0.1, 0.15) is 12.1 Å². The van der Waals surface area contributed by atoms with Crippen LogP contribution in [-0.4, -0.2) is 44.5 Å². The van der Waals surface area contributed by atoms with Crippen LogP contribution in [0.15, 0.2) is 122 Å². The van der Waals surface area contributed by atoms with Crippen molar-refractivity contribution < 1.29 is 14.7 Å². The van der Waals surface area contributed by atoms with E-state index in [1.54, 1.807) is 0 Å². The first-order valence-electron chi connectivity index (χ1n) is 12.9. The Morgan fingerprint density at radius 2 is 1.38 bits per heavy atom. The summed E-state index contributed by atoms with van der Waals surface area (Å²) in [6, 6.07) is 36.9. The van der Waals surface area contributed by atoms with E-state index in [4.69, 9.17) is 4.98 Å². The molecule has 4 aromatic carbocycles. The number of imidazole rings is 1. The molecule has 1 N–H and O–H groups in total. The van der Waals surface area contributed by atoms with Crippen LogP contribution in [0.1, 0.15) is 32.6 Å². The van der Waals surface area contributed by atoms with E-state index >= 15 is 0 Å². The van der Waals surface area contributed by atoms with Crippen molar-refractivity contribution in [1.29, 1.82) is 0 Å². The zero-order chi connectivity index (χ0) is 26.8. The molecular weight excluding hydrogens is 486 g/mol. The Hall–Kier alpha value is -4.97. The second-order valence-corrected chi connectivity index (χ2v) is 9.72. The highest BCUT2D eigenvalue weighted by atomic mass is 16.4. The van der Waals surface area contributed by atoms with Gasteiger partial charge in [0.05, 0.1) is 12.0 Å². The molecule has 0 saturated carbocycles. The van der Waals surface area contributed by atoms with E-state index in [1.165, 1.54) is 4.90 Å².